The third kappa shape index (κ3) is 4.00. The van der Waals surface area contributed by atoms with Crippen molar-refractivity contribution in [1.82, 2.24) is 15.0 Å². The molecule has 0 bridgehead atoms. The number of nitrogens with zero attached hydrogens (tertiary/aromatic N) is 4. The lowest BCUT2D eigenvalue weighted by Gasteiger charge is -2.13. The number of anilines is 4. The van der Waals surface area contributed by atoms with Crippen LogP contribution >= 0.6 is 0 Å². The molecule has 0 amide bonds. The molecule has 0 atom stereocenters. The van der Waals surface area contributed by atoms with Gasteiger partial charge < -0.3 is 20.1 Å². The lowest BCUT2D eigenvalue weighted by molar-refractivity contribution is -0.383. The van der Waals surface area contributed by atoms with Crippen LogP contribution in [0.2, 0.25) is 0 Å². The van der Waals surface area contributed by atoms with Gasteiger partial charge in [-0.1, -0.05) is 6.07 Å². The average Bonchev–Trinajstić information content (AvgIpc) is 2.69. The van der Waals surface area contributed by atoms with Crippen LogP contribution in [0.5, 0.6) is 11.5 Å². The number of rotatable bonds is 7. The van der Waals surface area contributed by atoms with Gasteiger partial charge in [0.25, 0.3) is 0 Å². The Hall–Kier alpha value is -3.95. The predicted molar refractivity (Wildman–Crippen MR) is 99.0 cm³/mol. The molecule has 0 saturated carbocycles. The number of nitro groups is 1. The van der Waals surface area contributed by atoms with Crippen LogP contribution in [0.15, 0.2) is 48.9 Å². The lowest BCUT2D eigenvalue weighted by Crippen LogP contribution is -2.06. The van der Waals surface area contributed by atoms with Crippen molar-refractivity contribution in [1.29, 1.82) is 0 Å². The minimum absolute atomic E-state index is 0.0110. The van der Waals surface area contributed by atoms with E-state index >= 15 is 0 Å². The molecular weight excluding hydrogens is 352 g/mol. The SMILES string of the molecule is COc1ccc(Nc2ncnc(Nc3ccccn3)c2[N+](=O)[O-])c(OC)c1. The first-order chi connectivity index (χ1) is 13.1. The van der Waals surface area contributed by atoms with Crippen LogP contribution in [0.1, 0.15) is 0 Å². The third-order valence-electron chi connectivity index (χ3n) is 3.58. The van der Waals surface area contributed by atoms with Crippen LogP contribution in [0.4, 0.5) is 28.8 Å². The second kappa shape index (κ2) is 7.95. The maximum Gasteiger partial charge on any atom is 0.353 e. The fourth-order valence-corrected chi connectivity index (χ4v) is 2.32. The van der Waals surface area contributed by atoms with E-state index in [0.29, 0.717) is 23.0 Å². The molecule has 10 nitrogen and oxygen atoms in total. The Balaban J connectivity index is 1.99. The molecule has 0 unspecified atom stereocenters. The first-order valence-corrected chi connectivity index (χ1v) is 7.79. The van der Waals surface area contributed by atoms with Crippen LogP contribution in [0, 0.1) is 10.1 Å². The molecule has 2 N–H and O–H groups in total. The van der Waals surface area contributed by atoms with E-state index in [4.69, 9.17) is 9.47 Å². The molecule has 0 saturated heterocycles. The Morgan fingerprint density at radius 2 is 1.78 bits per heavy atom. The van der Waals surface area contributed by atoms with E-state index < -0.39 is 4.92 Å². The molecule has 1 aromatic carbocycles. The summed E-state index contributed by atoms with van der Waals surface area (Å²) in [5.74, 6) is 1.49. The summed E-state index contributed by atoms with van der Waals surface area (Å²) < 4.78 is 10.5. The van der Waals surface area contributed by atoms with Gasteiger partial charge in [-0.2, -0.15) is 0 Å². The van der Waals surface area contributed by atoms with E-state index in [2.05, 4.69) is 25.6 Å². The highest BCUT2D eigenvalue weighted by molar-refractivity contribution is 5.78. The van der Waals surface area contributed by atoms with E-state index in [1.807, 2.05) is 0 Å². The fourth-order valence-electron chi connectivity index (χ4n) is 2.32. The minimum atomic E-state index is -0.566. The summed E-state index contributed by atoms with van der Waals surface area (Å²) in [6.45, 7) is 0. The van der Waals surface area contributed by atoms with E-state index in [1.54, 1.807) is 42.6 Å². The van der Waals surface area contributed by atoms with Crippen LogP contribution in [0.25, 0.3) is 0 Å². The van der Waals surface area contributed by atoms with Crippen molar-refractivity contribution in [3.63, 3.8) is 0 Å². The number of nitrogens with one attached hydrogen (secondary N) is 2. The van der Waals surface area contributed by atoms with E-state index in [0.717, 1.165) is 0 Å². The van der Waals surface area contributed by atoms with Crippen molar-refractivity contribution in [3.05, 3.63) is 59.0 Å². The van der Waals surface area contributed by atoms with Crippen molar-refractivity contribution in [2.24, 2.45) is 0 Å². The van der Waals surface area contributed by atoms with Crippen LogP contribution in [-0.2, 0) is 0 Å². The summed E-state index contributed by atoms with van der Waals surface area (Å²) >= 11 is 0. The van der Waals surface area contributed by atoms with Crippen molar-refractivity contribution < 1.29 is 14.4 Å². The van der Waals surface area contributed by atoms with Gasteiger partial charge in [-0.25, -0.2) is 15.0 Å². The molecule has 0 aliphatic heterocycles. The summed E-state index contributed by atoms with van der Waals surface area (Å²) in [4.78, 5) is 23.1. The molecule has 0 fully saturated rings. The van der Waals surface area contributed by atoms with Gasteiger partial charge in [-0.15, -0.1) is 0 Å². The molecule has 0 aliphatic rings. The van der Waals surface area contributed by atoms with Gasteiger partial charge in [0, 0.05) is 12.3 Å². The summed E-state index contributed by atoms with van der Waals surface area (Å²) in [7, 11) is 3.02. The Bertz CT molecular complexity index is 951. The molecule has 0 spiro atoms. The van der Waals surface area contributed by atoms with Gasteiger partial charge in [0.2, 0.25) is 11.6 Å². The second-order valence-corrected chi connectivity index (χ2v) is 5.21. The normalized spacial score (nSPS) is 10.1. The lowest BCUT2D eigenvalue weighted by atomic mass is 10.2. The second-order valence-electron chi connectivity index (χ2n) is 5.21. The summed E-state index contributed by atoms with van der Waals surface area (Å²) in [6, 6.07) is 10.2. The van der Waals surface area contributed by atoms with Crippen LogP contribution in [0.3, 0.4) is 0 Å². The molecular formula is C17H16N6O4. The Morgan fingerprint density at radius 1 is 1.00 bits per heavy atom. The number of hydrogen-bond donors (Lipinski definition) is 2. The first-order valence-electron chi connectivity index (χ1n) is 7.79. The monoisotopic (exact) mass is 368 g/mol. The van der Waals surface area contributed by atoms with Crippen molar-refractivity contribution in [3.8, 4) is 11.5 Å². The van der Waals surface area contributed by atoms with Gasteiger partial charge in [-0.05, 0) is 24.3 Å². The van der Waals surface area contributed by atoms with Crippen molar-refractivity contribution in [2.75, 3.05) is 24.9 Å². The molecule has 0 radical (unpaired) electrons. The Labute approximate surface area is 154 Å². The third-order valence-corrected chi connectivity index (χ3v) is 3.58. The molecule has 10 heteroatoms. The maximum atomic E-state index is 11.7. The molecule has 3 aromatic rings. The number of methoxy groups -OCH3 is 2. The molecule has 2 aromatic heterocycles. The zero-order valence-corrected chi connectivity index (χ0v) is 14.5. The fraction of sp³-hybridized carbons (Fsp3) is 0.118. The van der Waals surface area contributed by atoms with Gasteiger partial charge in [0.1, 0.15) is 23.6 Å². The number of aromatic nitrogens is 3. The maximum absolute atomic E-state index is 11.7. The summed E-state index contributed by atoms with van der Waals surface area (Å²) in [5.41, 5.74) is 0.171. The average molecular weight is 368 g/mol. The molecule has 138 valence electrons. The number of pyridine rings is 1. The standard InChI is InChI=1S/C17H16N6O4/c1-26-11-6-7-12(13(9-11)27-2)21-16-15(23(24)25)17(20-10-19-16)22-14-5-3-4-8-18-14/h3-10H,1-2H3,(H2,18,19,20,21,22). The highest BCUT2D eigenvalue weighted by Gasteiger charge is 2.24. The zero-order valence-electron chi connectivity index (χ0n) is 14.5. The Kier molecular flexibility index (Phi) is 5.26. The highest BCUT2D eigenvalue weighted by atomic mass is 16.6. The predicted octanol–water partition coefficient (Wildman–Crippen LogP) is 3.28. The number of benzene rings is 1. The Morgan fingerprint density at radius 3 is 2.41 bits per heavy atom. The first kappa shape index (κ1) is 17.9. The van der Waals surface area contributed by atoms with Crippen LogP contribution in [-0.4, -0.2) is 34.1 Å². The number of ether oxygens (including phenoxy) is 2. The van der Waals surface area contributed by atoms with Crippen molar-refractivity contribution in [2.45, 2.75) is 0 Å². The zero-order chi connectivity index (χ0) is 19.2. The smallest absolute Gasteiger partial charge is 0.353 e. The summed E-state index contributed by atoms with van der Waals surface area (Å²) in [5, 5.41) is 17.4. The highest BCUT2D eigenvalue weighted by Crippen LogP contribution is 2.36. The molecule has 0 aliphatic carbocycles. The van der Waals surface area contributed by atoms with Crippen molar-refractivity contribution >= 4 is 28.8 Å². The minimum Gasteiger partial charge on any atom is -0.497 e. The van der Waals surface area contributed by atoms with Gasteiger partial charge in [0.15, 0.2) is 0 Å². The van der Waals surface area contributed by atoms with E-state index in [9.17, 15) is 10.1 Å². The number of hydrogen-bond acceptors (Lipinski definition) is 9. The quantitative estimate of drug-likeness (QED) is 0.477. The topological polar surface area (TPSA) is 124 Å². The van der Waals surface area contributed by atoms with E-state index in [-0.39, 0.29) is 17.3 Å². The largest absolute Gasteiger partial charge is 0.497 e. The van der Waals surface area contributed by atoms with Gasteiger partial charge in [0.05, 0.1) is 24.8 Å². The summed E-state index contributed by atoms with van der Waals surface area (Å²) in [6.07, 6.45) is 2.79. The molecule has 3 rings (SSSR count). The van der Waals surface area contributed by atoms with Crippen LogP contribution < -0.4 is 20.1 Å². The van der Waals surface area contributed by atoms with Gasteiger partial charge in [-0.3, -0.25) is 10.1 Å². The molecule has 2 heterocycles. The van der Waals surface area contributed by atoms with Gasteiger partial charge >= 0.3 is 5.69 Å². The molecule has 27 heavy (non-hydrogen) atoms. The van der Waals surface area contributed by atoms with E-state index in [1.165, 1.54) is 20.5 Å².